The fourth-order valence-corrected chi connectivity index (χ4v) is 5.13. The second-order valence-electron chi connectivity index (χ2n) is 7.31. The molecule has 0 unspecified atom stereocenters. The van der Waals surface area contributed by atoms with Gasteiger partial charge in [0.1, 0.15) is 17.3 Å². The minimum absolute atomic E-state index is 0.200. The van der Waals surface area contributed by atoms with Gasteiger partial charge in [-0.05, 0) is 48.5 Å². The Labute approximate surface area is 181 Å². The van der Waals surface area contributed by atoms with Gasteiger partial charge in [-0.3, -0.25) is 0 Å². The zero-order valence-electron chi connectivity index (χ0n) is 16.8. The first-order valence-corrected chi connectivity index (χ1v) is 11.6. The Kier molecular flexibility index (Phi) is 5.09. The molecule has 0 atom stereocenters. The summed E-state index contributed by atoms with van der Waals surface area (Å²) in [6.07, 6.45) is 3.27. The molecule has 8 heteroatoms. The number of para-hydroxylation sites is 1. The van der Waals surface area contributed by atoms with Crippen molar-refractivity contribution in [2.24, 2.45) is 0 Å². The maximum absolute atomic E-state index is 13.3. The Hall–Kier alpha value is -3.36. The topological polar surface area (TPSA) is 76.5 Å². The Morgan fingerprint density at radius 1 is 0.871 bits per heavy atom. The van der Waals surface area contributed by atoms with Gasteiger partial charge in [-0.15, -0.1) is 0 Å². The van der Waals surface area contributed by atoms with Crippen molar-refractivity contribution in [2.75, 3.05) is 31.1 Å². The molecule has 4 aromatic rings. The summed E-state index contributed by atoms with van der Waals surface area (Å²) in [7, 11) is -3.76. The minimum Gasteiger partial charge on any atom is -0.457 e. The number of aromatic nitrogens is 2. The van der Waals surface area contributed by atoms with Crippen LogP contribution in [0.25, 0.3) is 10.9 Å². The van der Waals surface area contributed by atoms with Crippen LogP contribution in [0.3, 0.4) is 0 Å². The third-order valence-electron chi connectivity index (χ3n) is 5.34. The number of hydrogen-bond donors (Lipinski definition) is 1. The van der Waals surface area contributed by atoms with E-state index in [-0.39, 0.29) is 4.90 Å². The van der Waals surface area contributed by atoms with E-state index in [1.165, 1.54) is 3.97 Å². The van der Waals surface area contributed by atoms with Crippen LogP contribution in [0, 0.1) is 0 Å². The average Bonchev–Trinajstić information content (AvgIpc) is 3.26. The zero-order valence-corrected chi connectivity index (χ0v) is 17.6. The van der Waals surface area contributed by atoms with Crippen LogP contribution in [0.15, 0.2) is 84.0 Å². The highest BCUT2D eigenvalue weighted by Gasteiger charge is 2.22. The molecular weight excluding hydrogens is 412 g/mol. The quantitative estimate of drug-likeness (QED) is 0.518. The molecule has 1 N–H and O–H groups in total. The number of anilines is 1. The van der Waals surface area contributed by atoms with Crippen molar-refractivity contribution in [3.8, 4) is 11.5 Å². The summed E-state index contributed by atoms with van der Waals surface area (Å²) in [5, 5.41) is 4.15. The van der Waals surface area contributed by atoms with Gasteiger partial charge in [0.25, 0.3) is 10.0 Å². The first-order valence-electron chi connectivity index (χ1n) is 10.1. The molecule has 0 spiro atoms. The smallest absolute Gasteiger partial charge is 0.268 e. The molecule has 2 aromatic carbocycles. The summed E-state index contributed by atoms with van der Waals surface area (Å²) in [5.74, 6) is 2.09. The van der Waals surface area contributed by atoms with Gasteiger partial charge in [0, 0.05) is 44.0 Å². The molecule has 0 saturated carbocycles. The van der Waals surface area contributed by atoms with E-state index in [0.29, 0.717) is 17.0 Å². The number of benzene rings is 2. The maximum atomic E-state index is 13.3. The number of piperazine rings is 1. The number of hydrogen-bond acceptors (Lipinski definition) is 6. The lowest BCUT2D eigenvalue weighted by Gasteiger charge is -2.28. The van der Waals surface area contributed by atoms with Crippen LogP contribution in [0.2, 0.25) is 0 Å². The van der Waals surface area contributed by atoms with Crippen LogP contribution in [0.4, 0.5) is 5.82 Å². The van der Waals surface area contributed by atoms with Crippen LogP contribution in [0.5, 0.6) is 11.5 Å². The highest BCUT2D eigenvalue weighted by Crippen LogP contribution is 2.29. The number of nitrogens with one attached hydrogen (secondary N) is 1. The Morgan fingerprint density at radius 3 is 2.32 bits per heavy atom. The van der Waals surface area contributed by atoms with E-state index in [0.717, 1.165) is 37.4 Å². The van der Waals surface area contributed by atoms with Gasteiger partial charge < -0.3 is 15.0 Å². The third-order valence-corrected chi connectivity index (χ3v) is 7.04. The molecule has 1 fully saturated rings. The number of fused-ring (bicyclic) bond motifs is 1. The summed E-state index contributed by atoms with van der Waals surface area (Å²) in [5.41, 5.74) is 0.619. The lowest BCUT2D eigenvalue weighted by atomic mass is 10.2. The van der Waals surface area contributed by atoms with E-state index in [1.54, 1.807) is 42.7 Å². The van der Waals surface area contributed by atoms with Gasteiger partial charge in [-0.1, -0.05) is 18.2 Å². The van der Waals surface area contributed by atoms with Gasteiger partial charge in [0.15, 0.2) is 0 Å². The summed E-state index contributed by atoms with van der Waals surface area (Å²) >= 11 is 0. The Bertz CT molecular complexity index is 1300. The summed E-state index contributed by atoms with van der Waals surface area (Å²) in [4.78, 5) is 6.91. The van der Waals surface area contributed by atoms with Crippen molar-refractivity contribution in [2.45, 2.75) is 4.90 Å². The third kappa shape index (κ3) is 3.75. The molecule has 1 saturated heterocycles. The van der Waals surface area contributed by atoms with Gasteiger partial charge in [0.05, 0.1) is 10.4 Å². The van der Waals surface area contributed by atoms with Crippen molar-refractivity contribution in [1.82, 2.24) is 14.3 Å². The van der Waals surface area contributed by atoms with Gasteiger partial charge in [0.2, 0.25) is 0 Å². The summed E-state index contributed by atoms with van der Waals surface area (Å²) in [6, 6.07) is 19.4. The van der Waals surface area contributed by atoms with E-state index in [2.05, 4.69) is 15.2 Å². The van der Waals surface area contributed by atoms with Crippen molar-refractivity contribution >= 4 is 26.7 Å². The van der Waals surface area contributed by atoms with Crippen molar-refractivity contribution in [3.63, 3.8) is 0 Å². The largest absolute Gasteiger partial charge is 0.457 e. The SMILES string of the molecule is O=S(=O)(c1ccc(Oc2ccccc2)cc1)n1ccc2c(N3CCNCC3)nccc21. The molecule has 31 heavy (non-hydrogen) atoms. The molecule has 1 aliphatic heterocycles. The molecule has 158 valence electrons. The van der Waals surface area contributed by atoms with Gasteiger partial charge >= 0.3 is 0 Å². The molecule has 1 aliphatic rings. The molecular formula is C23H22N4O3S. The molecule has 5 rings (SSSR count). The van der Waals surface area contributed by atoms with Crippen LogP contribution >= 0.6 is 0 Å². The number of rotatable bonds is 5. The molecule has 0 aliphatic carbocycles. The second kappa shape index (κ2) is 8.05. The number of pyridine rings is 1. The first kappa shape index (κ1) is 19.6. The monoisotopic (exact) mass is 434 g/mol. The molecule has 0 bridgehead atoms. The summed E-state index contributed by atoms with van der Waals surface area (Å²) in [6.45, 7) is 3.45. The van der Waals surface area contributed by atoms with Crippen molar-refractivity contribution in [1.29, 1.82) is 0 Å². The lowest BCUT2D eigenvalue weighted by Crippen LogP contribution is -2.43. The van der Waals surface area contributed by atoms with E-state index in [1.807, 2.05) is 36.4 Å². The van der Waals surface area contributed by atoms with Crippen LogP contribution < -0.4 is 15.0 Å². The van der Waals surface area contributed by atoms with Gasteiger partial charge in [-0.2, -0.15) is 0 Å². The van der Waals surface area contributed by atoms with E-state index in [9.17, 15) is 8.42 Å². The molecule has 0 amide bonds. The van der Waals surface area contributed by atoms with Crippen molar-refractivity contribution in [3.05, 3.63) is 79.1 Å². The highest BCUT2D eigenvalue weighted by atomic mass is 32.2. The number of nitrogens with zero attached hydrogens (tertiary/aromatic N) is 3. The molecule has 2 aromatic heterocycles. The fourth-order valence-electron chi connectivity index (χ4n) is 3.78. The average molecular weight is 435 g/mol. The van der Waals surface area contributed by atoms with E-state index >= 15 is 0 Å². The standard InChI is InChI=1S/C23H22N4O3S/c28-31(29,20-8-6-19(7-9-20)30-18-4-2-1-3-5-18)27-15-11-21-22(27)10-12-25-23(21)26-16-13-24-14-17-26/h1-12,15,24H,13-14,16-17H2. The lowest BCUT2D eigenvalue weighted by molar-refractivity contribution is 0.482. The van der Waals surface area contributed by atoms with Gasteiger partial charge in [-0.25, -0.2) is 17.4 Å². The van der Waals surface area contributed by atoms with Crippen LogP contribution in [-0.2, 0) is 10.0 Å². The first-order chi connectivity index (χ1) is 15.1. The molecule has 7 nitrogen and oxygen atoms in total. The van der Waals surface area contributed by atoms with E-state index in [4.69, 9.17) is 4.74 Å². The predicted octanol–water partition coefficient (Wildman–Crippen LogP) is 3.48. The highest BCUT2D eigenvalue weighted by molar-refractivity contribution is 7.90. The number of ether oxygens (including phenoxy) is 1. The molecule has 0 radical (unpaired) electrons. The minimum atomic E-state index is -3.76. The Morgan fingerprint density at radius 2 is 1.58 bits per heavy atom. The zero-order chi connectivity index (χ0) is 21.3. The normalized spacial score (nSPS) is 14.6. The Balaban J connectivity index is 1.46. The van der Waals surface area contributed by atoms with E-state index < -0.39 is 10.0 Å². The van der Waals surface area contributed by atoms with Crippen molar-refractivity contribution < 1.29 is 13.2 Å². The predicted molar refractivity (Wildman–Crippen MR) is 120 cm³/mol. The fraction of sp³-hybridized carbons (Fsp3) is 0.174. The maximum Gasteiger partial charge on any atom is 0.268 e. The summed E-state index contributed by atoms with van der Waals surface area (Å²) < 4.78 is 33.8. The van der Waals surface area contributed by atoms with Crippen LogP contribution in [-0.4, -0.2) is 43.6 Å². The van der Waals surface area contributed by atoms with Crippen LogP contribution in [0.1, 0.15) is 0 Å². The molecule has 3 heterocycles. The second-order valence-corrected chi connectivity index (χ2v) is 9.12.